The van der Waals surface area contributed by atoms with Crippen molar-refractivity contribution >= 4 is 17.3 Å². The molecule has 1 N–H and O–H groups in total. The standard InChI is InChI=1S/C15H19ClFN/c1-2-8-15(9-4-3-5-10-15)18-12-6-7-14(17)13(16)11-12/h2,6-7,11,18H,1,3-5,8-10H2. The highest BCUT2D eigenvalue weighted by Gasteiger charge is 2.30. The van der Waals surface area contributed by atoms with Crippen molar-refractivity contribution in [2.45, 2.75) is 44.1 Å². The molecule has 1 fully saturated rings. The van der Waals surface area contributed by atoms with Gasteiger partial charge in [0.1, 0.15) is 5.82 Å². The lowest BCUT2D eigenvalue weighted by atomic mass is 9.79. The Bertz CT molecular complexity index is 425. The van der Waals surface area contributed by atoms with Crippen molar-refractivity contribution in [1.82, 2.24) is 0 Å². The van der Waals surface area contributed by atoms with Crippen LogP contribution < -0.4 is 5.32 Å². The number of halogens is 2. The largest absolute Gasteiger partial charge is 0.379 e. The van der Waals surface area contributed by atoms with Crippen molar-refractivity contribution in [1.29, 1.82) is 0 Å². The lowest BCUT2D eigenvalue weighted by Gasteiger charge is -2.38. The van der Waals surface area contributed by atoms with Gasteiger partial charge in [0.25, 0.3) is 0 Å². The molecule has 0 atom stereocenters. The van der Waals surface area contributed by atoms with E-state index in [0.29, 0.717) is 0 Å². The molecule has 1 nitrogen and oxygen atoms in total. The minimum atomic E-state index is -0.372. The number of nitrogens with one attached hydrogen (secondary N) is 1. The first kappa shape index (κ1) is 13.4. The topological polar surface area (TPSA) is 12.0 Å². The van der Waals surface area contributed by atoms with E-state index in [1.807, 2.05) is 6.08 Å². The van der Waals surface area contributed by atoms with Crippen LogP contribution in [0.2, 0.25) is 5.02 Å². The van der Waals surface area contributed by atoms with Crippen molar-refractivity contribution in [2.24, 2.45) is 0 Å². The summed E-state index contributed by atoms with van der Waals surface area (Å²) >= 11 is 5.82. The normalized spacial score (nSPS) is 18.3. The predicted molar refractivity (Wildman–Crippen MR) is 75.7 cm³/mol. The van der Waals surface area contributed by atoms with Crippen LogP contribution in [0.5, 0.6) is 0 Å². The first-order valence-corrected chi connectivity index (χ1v) is 6.87. The first-order valence-electron chi connectivity index (χ1n) is 6.49. The predicted octanol–water partition coefficient (Wildman–Crippen LogP) is 5.17. The van der Waals surface area contributed by atoms with Gasteiger partial charge in [-0.2, -0.15) is 0 Å². The third kappa shape index (κ3) is 3.05. The van der Waals surface area contributed by atoms with Crippen LogP contribution >= 0.6 is 11.6 Å². The summed E-state index contributed by atoms with van der Waals surface area (Å²) in [6.45, 7) is 3.85. The van der Waals surface area contributed by atoms with Gasteiger partial charge in [-0.3, -0.25) is 0 Å². The molecule has 3 heteroatoms. The summed E-state index contributed by atoms with van der Waals surface area (Å²) in [4.78, 5) is 0. The van der Waals surface area contributed by atoms with Gasteiger partial charge < -0.3 is 5.32 Å². The van der Waals surface area contributed by atoms with Crippen molar-refractivity contribution in [3.63, 3.8) is 0 Å². The van der Waals surface area contributed by atoms with E-state index in [1.54, 1.807) is 12.1 Å². The van der Waals surface area contributed by atoms with Crippen LogP contribution in [0.3, 0.4) is 0 Å². The molecule has 1 aromatic carbocycles. The lowest BCUT2D eigenvalue weighted by Crippen LogP contribution is -2.39. The zero-order chi connectivity index (χ0) is 13.0. The summed E-state index contributed by atoms with van der Waals surface area (Å²) in [6.07, 6.45) is 8.92. The fourth-order valence-electron chi connectivity index (χ4n) is 2.77. The van der Waals surface area contributed by atoms with Crippen LogP contribution in [0.15, 0.2) is 30.9 Å². The smallest absolute Gasteiger partial charge is 0.141 e. The van der Waals surface area contributed by atoms with Crippen LogP contribution in [0.1, 0.15) is 38.5 Å². The first-order chi connectivity index (χ1) is 8.65. The van der Waals surface area contributed by atoms with Gasteiger partial charge >= 0.3 is 0 Å². The van der Waals surface area contributed by atoms with Crippen molar-refractivity contribution in [3.05, 3.63) is 41.7 Å². The molecule has 0 spiro atoms. The number of hydrogen-bond acceptors (Lipinski definition) is 1. The summed E-state index contributed by atoms with van der Waals surface area (Å²) in [5.41, 5.74) is 0.964. The van der Waals surface area contributed by atoms with Crippen LogP contribution in [0, 0.1) is 5.82 Å². The van der Waals surface area contributed by atoms with Crippen molar-refractivity contribution in [3.8, 4) is 0 Å². The number of hydrogen-bond donors (Lipinski definition) is 1. The highest BCUT2D eigenvalue weighted by atomic mass is 35.5. The molecular formula is C15H19ClFN. The molecule has 1 saturated carbocycles. The van der Waals surface area contributed by atoms with E-state index in [1.165, 1.54) is 25.3 Å². The number of benzene rings is 1. The average molecular weight is 268 g/mol. The minimum Gasteiger partial charge on any atom is -0.379 e. The zero-order valence-corrected chi connectivity index (χ0v) is 11.3. The van der Waals surface area contributed by atoms with E-state index in [9.17, 15) is 4.39 Å². The molecule has 0 bridgehead atoms. The van der Waals surface area contributed by atoms with E-state index in [-0.39, 0.29) is 16.4 Å². The molecule has 98 valence electrons. The van der Waals surface area contributed by atoms with Gasteiger partial charge in [-0.15, -0.1) is 6.58 Å². The average Bonchev–Trinajstić information content (AvgIpc) is 2.35. The fraction of sp³-hybridized carbons (Fsp3) is 0.467. The Labute approximate surface area is 113 Å². The third-order valence-electron chi connectivity index (χ3n) is 3.67. The molecule has 0 aliphatic heterocycles. The Morgan fingerprint density at radius 2 is 2.06 bits per heavy atom. The Morgan fingerprint density at radius 1 is 1.33 bits per heavy atom. The van der Waals surface area contributed by atoms with Crippen LogP contribution in [0.4, 0.5) is 10.1 Å². The van der Waals surface area contributed by atoms with Gasteiger partial charge in [0, 0.05) is 11.2 Å². The van der Waals surface area contributed by atoms with Gasteiger partial charge in [-0.25, -0.2) is 4.39 Å². The lowest BCUT2D eigenvalue weighted by molar-refractivity contribution is 0.326. The summed E-state index contributed by atoms with van der Waals surface area (Å²) in [5.74, 6) is -0.372. The summed E-state index contributed by atoms with van der Waals surface area (Å²) in [5, 5.41) is 3.71. The monoisotopic (exact) mass is 267 g/mol. The van der Waals surface area contributed by atoms with E-state index in [0.717, 1.165) is 24.9 Å². The summed E-state index contributed by atoms with van der Waals surface area (Å²) < 4.78 is 13.1. The Balaban J connectivity index is 2.17. The molecule has 1 aliphatic carbocycles. The number of anilines is 1. The Hall–Kier alpha value is -1.02. The fourth-order valence-corrected chi connectivity index (χ4v) is 2.95. The molecule has 2 rings (SSSR count). The number of rotatable bonds is 4. The SMILES string of the molecule is C=CCC1(Nc2ccc(F)c(Cl)c2)CCCCC1. The molecule has 0 amide bonds. The molecule has 0 aromatic heterocycles. The van der Waals surface area contributed by atoms with E-state index >= 15 is 0 Å². The van der Waals surface area contributed by atoms with E-state index in [4.69, 9.17) is 11.6 Å². The molecule has 1 aromatic rings. The molecule has 0 radical (unpaired) electrons. The second-order valence-electron chi connectivity index (χ2n) is 5.09. The molecular weight excluding hydrogens is 249 g/mol. The summed E-state index contributed by atoms with van der Waals surface area (Å²) in [6, 6.07) is 4.83. The Morgan fingerprint density at radius 3 is 2.67 bits per heavy atom. The van der Waals surface area contributed by atoms with Gasteiger partial charge in [-0.05, 0) is 37.5 Å². The van der Waals surface area contributed by atoms with Crippen molar-refractivity contribution in [2.75, 3.05) is 5.32 Å². The van der Waals surface area contributed by atoms with Gasteiger partial charge in [0.15, 0.2) is 0 Å². The second kappa shape index (κ2) is 5.75. The Kier molecular flexibility index (Phi) is 4.28. The third-order valence-corrected chi connectivity index (χ3v) is 3.96. The quantitative estimate of drug-likeness (QED) is 0.742. The molecule has 18 heavy (non-hydrogen) atoms. The van der Waals surface area contributed by atoms with Crippen LogP contribution in [-0.4, -0.2) is 5.54 Å². The maximum Gasteiger partial charge on any atom is 0.141 e. The molecule has 0 unspecified atom stereocenters. The molecule has 0 saturated heterocycles. The molecule has 0 heterocycles. The zero-order valence-electron chi connectivity index (χ0n) is 10.5. The maximum absolute atomic E-state index is 13.1. The highest BCUT2D eigenvalue weighted by molar-refractivity contribution is 6.31. The maximum atomic E-state index is 13.1. The van der Waals surface area contributed by atoms with Gasteiger partial charge in [0.2, 0.25) is 0 Å². The van der Waals surface area contributed by atoms with Crippen LogP contribution in [-0.2, 0) is 0 Å². The second-order valence-corrected chi connectivity index (χ2v) is 5.49. The molecule has 1 aliphatic rings. The van der Waals surface area contributed by atoms with Gasteiger partial charge in [-0.1, -0.05) is 36.9 Å². The van der Waals surface area contributed by atoms with E-state index < -0.39 is 0 Å². The van der Waals surface area contributed by atoms with E-state index in [2.05, 4.69) is 11.9 Å². The summed E-state index contributed by atoms with van der Waals surface area (Å²) in [7, 11) is 0. The van der Waals surface area contributed by atoms with Crippen molar-refractivity contribution < 1.29 is 4.39 Å². The van der Waals surface area contributed by atoms with Crippen LogP contribution in [0.25, 0.3) is 0 Å². The minimum absolute atomic E-state index is 0.0706. The highest BCUT2D eigenvalue weighted by Crippen LogP contribution is 2.35. The van der Waals surface area contributed by atoms with Gasteiger partial charge in [0.05, 0.1) is 5.02 Å².